The monoisotopic (exact) mass is 391 g/mol. The number of nitrogens with one attached hydrogen (secondary N) is 1. The Bertz CT molecular complexity index is 927. The Balaban J connectivity index is 1.69. The Labute approximate surface area is 158 Å². The van der Waals surface area contributed by atoms with Gasteiger partial charge in [-0.2, -0.15) is 18.3 Å². The highest BCUT2D eigenvalue weighted by molar-refractivity contribution is 5.96. The van der Waals surface area contributed by atoms with E-state index < -0.39 is 24.7 Å². The third-order valence-electron chi connectivity index (χ3n) is 3.81. The quantitative estimate of drug-likeness (QED) is 0.698. The lowest BCUT2D eigenvalue weighted by atomic mass is 10.1. The summed E-state index contributed by atoms with van der Waals surface area (Å²) in [6.45, 7) is 0.235. The van der Waals surface area contributed by atoms with Crippen LogP contribution in [0.5, 0.6) is 5.88 Å². The molecule has 0 aliphatic rings. The fourth-order valence-corrected chi connectivity index (χ4v) is 2.44. The van der Waals surface area contributed by atoms with Gasteiger partial charge < -0.3 is 10.1 Å². The van der Waals surface area contributed by atoms with Crippen LogP contribution in [0.2, 0.25) is 0 Å². The molecule has 3 rings (SSSR count). The van der Waals surface area contributed by atoms with Crippen LogP contribution in [-0.4, -0.2) is 38.4 Å². The summed E-state index contributed by atoms with van der Waals surface area (Å²) in [6.07, 6.45) is -0.284. The zero-order valence-electron chi connectivity index (χ0n) is 14.7. The molecule has 0 fully saturated rings. The summed E-state index contributed by atoms with van der Waals surface area (Å²) < 4.78 is 43.4. The molecular formula is C18H16F3N5O2. The van der Waals surface area contributed by atoms with E-state index in [1.807, 2.05) is 24.3 Å². The van der Waals surface area contributed by atoms with Crippen LogP contribution >= 0.6 is 0 Å². The summed E-state index contributed by atoms with van der Waals surface area (Å²) in [7, 11) is 0. The zero-order chi connectivity index (χ0) is 20.1. The van der Waals surface area contributed by atoms with Gasteiger partial charge in [-0.05, 0) is 36.8 Å². The van der Waals surface area contributed by atoms with E-state index in [1.54, 1.807) is 17.9 Å². The van der Waals surface area contributed by atoms with Gasteiger partial charge >= 0.3 is 6.18 Å². The normalized spacial score (nSPS) is 12.4. The fourth-order valence-electron chi connectivity index (χ4n) is 2.44. The Kier molecular flexibility index (Phi) is 5.57. The van der Waals surface area contributed by atoms with Crippen molar-refractivity contribution in [3.05, 3.63) is 66.4 Å². The minimum absolute atomic E-state index is 0.0714. The number of ether oxygens (including phenoxy) is 1. The molecule has 1 aromatic carbocycles. The van der Waals surface area contributed by atoms with Gasteiger partial charge in [-0.3, -0.25) is 4.79 Å². The first-order chi connectivity index (χ1) is 13.3. The predicted octanol–water partition coefficient (Wildman–Crippen LogP) is 3.09. The number of carbonyl (C=O) groups excluding carboxylic acids is 1. The van der Waals surface area contributed by atoms with Crippen LogP contribution in [-0.2, 0) is 0 Å². The van der Waals surface area contributed by atoms with Gasteiger partial charge in [-0.15, -0.1) is 0 Å². The number of rotatable bonds is 6. The van der Waals surface area contributed by atoms with Crippen LogP contribution in [0.4, 0.5) is 13.2 Å². The summed E-state index contributed by atoms with van der Waals surface area (Å²) in [4.78, 5) is 20.1. The lowest BCUT2D eigenvalue weighted by molar-refractivity contribution is -0.154. The summed E-state index contributed by atoms with van der Waals surface area (Å²) in [5, 5.41) is 6.76. The van der Waals surface area contributed by atoms with E-state index in [4.69, 9.17) is 0 Å². The molecule has 0 spiro atoms. The van der Waals surface area contributed by atoms with Crippen molar-refractivity contribution < 1.29 is 22.7 Å². The number of aromatic nitrogens is 4. The summed E-state index contributed by atoms with van der Waals surface area (Å²) >= 11 is 0. The lowest BCUT2D eigenvalue weighted by Gasteiger charge is -2.16. The Morgan fingerprint density at radius 3 is 2.64 bits per heavy atom. The average molecular weight is 391 g/mol. The first-order valence-electron chi connectivity index (χ1n) is 8.24. The number of amides is 1. The molecule has 1 unspecified atom stereocenters. The second kappa shape index (κ2) is 8.07. The van der Waals surface area contributed by atoms with E-state index in [9.17, 15) is 18.0 Å². The SMILES string of the molecule is CC(NC(=O)c1cccnc1OCC(F)(F)F)c1ccc(-n2cncn2)cc1. The number of pyridine rings is 1. The maximum Gasteiger partial charge on any atom is 0.422 e. The molecular weight excluding hydrogens is 375 g/mol. The van der Waals surface area contributed by atoms with E-state index in [2.05, 4.69) is 25.1 Å². The van der Waals surface area contributed by atoms with Crippen LogP contribution in [0.1, 0.15) is 28.9 Å². The van der Waals surface area contributed by atoms with E-state index in [0.717, 1.165) is 11.3 Å². The Hall–Kier alpha value is -3.43. The maximum atomic E-state index is 12.5. The molecule has 1 atom stereocenters. The highest BCUT2D eigenvalue weighted by Gasteiger charge is 2.29. The van der Waals surface area contributed by atoms with Crippen LogP contribution in [0.3, 0.4) is 0 Å². The van der Waals surface area contributed by atoms with E-state index in [-0.39, 0.29) is 11.4 Å². The van der Waals surface area contributed by atoms with Crippen molar-refractivity contribution in [3.63, 3.8) is 0 Å². The van der Waals surface area contributed by atoms with Crippen molar-refractivity contribution in [2.75, 3.05) is 6.61 Å². The molecule has 0 bridgehead atoms. The van der Waals surface area contributed by atoms with Gasteiger partial charge in [-0.1, -0.05) is 12.1 Å². The first kappa shape index (κ1) is 19.3. The number of hydrogen-bond donors (Lipinski definition) is 1. The first-order valence-corrected chi connectivity index (χ1v) is 8.24. The maximum absolute atomic E-state index is 12.5. The average Bonchev–Trinajstić information content (AvgIpc) is 3.21. The minimum Gasteiger partial charge on any atom is -0.467 e. The van der Waals surface area contributed by atoms with Crippen LogP contribution in [0, 0.1) is 0 Å². The van der Waals surface area contributed by atoms with Gasteiger partial charge in [-0.25, -0.2) is 14.6 Å². The molecule has 3 aromatic rings. The zero-order valence-corrected chi connectivity index (χ0v) is 14.7. The molecule has 2 heterocycles. The molecule has 1 amide bonds. The van der Waals surface area contributed by atoms with Crippen molar-refractivity contribution in [2.45, 2.75) is 19.1 Å². The van der Waals surface area contributed by atoms with E-state index >= 15 is 0 Å². The second-order valence-corrected chi connectivity index (χ2v) is 5.89. The molecule has 7 nitrogen and oxygen atoms in total. The van der Waals surface area contributed by atoms with Gasteiger partial charge in [0.1, 0.15) is 18.2 Å². The second-order valence-electron chi connectivity index (χ2n) is 5.89. The summed E-state index contributed by atoms with van der Waals surface area (Å²) in [6, 6.07) is 9.66. The topological polar surface area (TPSA) is 81.9 Å². The van der Waals surface area contributed by atoms with Crippen LogP contribution in [0.25, 0.3) is 5.69 Å². The van der Waals surface area contributed by atoms with Crippen molar-refractivity contribution in [1.29, 1.82) is 0 Å². The number of hydrogen-bond acceptors (Lipinski definition) is 5. The highest BCUT2D eigenvalue weighted by Crippen LogP contribution is 2.21. The molecule has 0 saturated carbocycles. The van der Waals surface area contributed by atoms with Crippen molar-refractivity contribution in [3.8, 4) is 11.6 Å². The predicted molar refractivity (Wildman–Crippen MR) is 93.0 cm³/mol. The lowest BCUT2D eigenvalue weighted by Crippen LogP contribution is -2.28. The van der Waals surface area contributed by atoms with Crippen molar-refractivity contribution in [1.82, 2.24) is 25.1 Å². The van der Waals surface area contributed by atoms with Crippen molar-refractivity contribution in [2.24, 2.45) is 0 Å². The van der Waals surface area contributed by atoms with Gasteiger partial charge in [0.15, 0.2) is 6.61 Å². The Morgan fingerprint density at radius 1 is 1.25 bits per heavy atom. The molecule has 28 heavy (non-hydrogen) atoms. The number of nitrogens with zero attached hydrogens (tertiary/aromatic N) is 4. The summed E-state index contributed by atoms with van der Waals surface area (Å²) in [5.41, 5.74) is 1.53. The van der Waals surface area contributed by atoms with Crippen molar-refractivity contribution >= 4 is 5.91 Å². The minimum atomic E-state index is -4.52. The van der Waals surface area contributed by atoms with Gasteiger partial charge in [0.2, 0.25) is 5.88 Å². The fraction of sp³-hybridized carbons (Fsp3) is 0.222. The van der Waals surface area contributed by atoms with Crippen LogP contribution in [0.15, 0.2) is 55.2 Å². The molecule has 146 valence electrons. The number of benzene rings is 1. The third kappa shape index (κ3) is 4.84. The van der Waals surface area contributed by atoms with Gasteiger partial charge in [0.25, 0.3) is 5.91 Å². The molecule has 2 aromatic heterocycles. The number of halogens is 3. The van der Waals surface area contributed by atoms with Gasteiger partial charge in [0.05, 0.1) is 11.7 Å². The smallest absolute Gasteiger partial charge is 0.422 e. The van der Waals surface area contributed by atoms with E-state index in [1.165, 1.54) is 24.7 Å². The standard InChI is InChI=1S/C18H16F3N5O2/c1-12(13-4-6-14(7-5-13)26-11-22-10-24-26)25-16(27)15-3-2-8-23-17(15)28-9-18(19,20)21/h2-8,10-12H,9H2,1H3,(H,25,27). The van der Waals surface area contributed by atoms with Crippen LogP contribution < -0.4 is 10.1 Å². The molecule has 1 N–H and O–H groups in total. The highest BCUT2D eigenvalue weighted by atomic mass is 19.4. The molecule has 10 heteroatoms. The molecule has 0 aliphatic heterocycles. The molecule has 0 saturated heterocycles. The number of carbonyl (C=O) groups is 1. The van der Waals surface area contributed by atoms with Gasteiger partial charge in [0, 0.05) is 6.20 Å². The molecule has 0 aliphatic carbocycles. The molecule has 0 radical (unpaired) electrons. The Morgan fingerprint density at radius 2 is 2.00 bits per heavy atom. The summed E-state index contributed by atoms with van der Waals surface area (Å²) in [5.74, 6) is -0.954. The van der Waals surface area contributed by atoms with E-state index in [0.29, 0.717) is 0 Å². The number of alkyl halides is 3. The third-order valence-corrected chi connectivity index (χ3v) is 3.81. The largest absolute Gasteiger partial charge is 0.467 e.